The summed E-state index contributed by atoms with van der Waals surface area (Å²) in [5.41, 5.74) is 2.25. The molecule has 0 unspecified atom stereocenters. The molecule has 2 aliphatic rings. The number of nitrogens with zero attached hydrogens (tertiary/aromatic N) is 3. The number of rotatable bonds is 3. The quantitative estimate of drug-likeness (QED) is 0.923. The predicted octanol–water partition coefficient (Wildman–Crippen LogP) is 3.74. The molecule has 6 heteroatoms. The number of halogens is 1. The number of carbonyl (C=O) groups is 1. The molecule has 1 saturated carbocycles. The molecule has 1 fully saturated rings. The normalized spacial score (nSPS) is 22.9. The Labute approximate surface area is 146 Å². The van der Waals surface area contributed by atoms with Crippen molar-refractivity contribution in [1.82, 2.24) is 14.8 Å². The number of ketones is 1. The number of fused-ring (bicyclic) bond motifs is 1. The average molecular weight is 342 g/mol. The summed E-state index contributed by atoms with van der Waals surface area (Å²) in [6, 6.07) is 0.229. The van der Waals surface area contributed by atoms with E-state index in [1.165, 1.54) is 6.42 Å². The summed E-state index contributed by atoms with van der Waals surface area (Å²) in [5.74, 6) is 0.391. The lowest BCUT2D eigenvalue weighted by Crippen LogP contribution is -2.31. The van der Waals surface area contributed by atoms with E-state index in [2.05, 4.69) is 22.3 Å². The highest BCUT2D eigenvalue weighted by molar-refractivity contribution is 6.05. The number of aryl methyl sites for hydroxylation is 1. The summed E-state index contributed by atoms with van der Waals surface area (Å²) in [6.45, 7) is 2.20. The standard InChI is InChI=1S/C19H23FN4O/c1-11-5-3-4-6-14(11)22-19-17(20)13-7-8-15(25)16(13)18(23-19)12-9-21-24(2)10-12/h9-11,14H,3-8H2,1-2H3,(H,22,23)/t11-,14+/m0/s1. The van der Waals surface area contributed by atoms with Crippen LogP contribution in [-0.4, -0.2) is 26.6 Å². The molecular weight excluding hydrogens is 319 g/mol. The van der Waals surface area contributed by atoms with Crippen LogP contribution in [0.2, 0.25) is 0 Å². The van der Waals surface area contributed by atoms with Crippen molar-refractivity contribution in [2.45, 2.75) is 51.5 Å². The van der Waals surface area contributed by atoms with Crippen LogP contribution in [0.3, 0.4) is 0 Å². The maximum Gasteiger partial charge on any atom is 0.169 e. The number of hydrogen-bond acceptors (Lipinski definition) is 4. The second kappa shape index (κ2) is 6.24. The highest BCUT2D eigenvalue weighted by atomic mass is 19.1. The van der Waals surface area contributed by atoms with Crippen molar-refractivity contribution in [1.29, 1.82) is 0 Å². The molecule has 2 aromatic heterocycles. The monoisotopic (exact) mass is 342 g/mol. The van der Waals surface area contributed by atoms with Gasteiger partial charge in [-0.25, -0.2) is 9.37 Å². The molecule has 0 bridgehead atoms. The first-order valence-corrected chi connectivity index (χ1v) is 9.05. The molecule has 2 aromatic rings. The highest BCUT2D eigenvalue weighted by Gasteiger charge is 2.32. The summed E-state index contributed by atoms with van der Waals surface area (Å²) in [6.07, 6.45) is 8.86. The molecule has 1 N–H and O–H groups in total. The van der Waals surface area contributed by atoms with Crippen LogP contribution in [-0.2, 0) is 13.5 Å². The third-order valence-corrected chi connectivity index (χ3v) is 5.53. The summed E-state index contributed by atoms with van der Waals surface area (Å²) < 4.78 is 16.7. The van der Waals surface area contributed by atoms with Gasteiger partial charge in [0.2, 0.25) is 0 Å². The molecule has 0 saturated heterocycles. The highest BCUT2D eigenvalue weighted by Crippen LogP contribution is 2.36. The number of pyridine rings is 1. The summed E-state index contributed by atoms with van der Waals surface area (Å²) >= 11 is 0. The lowest BCUT2D eigenvalue weighted by Gasteiger charge is -2.30. The van der Waals surface area contributed by atoms with E-state index in [0.29, 0.717) is 35.6 Å². The number of aromatic nitrogens is 3. The van der Waals surface area contributed by atoms with Crippen molar-refractivity contribution in [3.63, 3.8) is 0 Å². The van der Waals surface area contributed by atoms with Gasteiger partial charge in [-0.15, -0.1) is 0 Å². The van der Waals surface area contributed by atoms with Gasteiger partial charge in [-0.05, 0) is 25.2 Å². The van der Waals surface area contributed by atoms with E-state index in [-0.39, 0.29) is 23.5 Å². The van der Waals surface area contributed by atoms with E-state index in [0.717, 1.165) is 24.8 Å². The van der Waals surface area contributed by atoms with Crippen LogP contribution in [0.25, 0.3) is 11.3 Å². The smallest absolute Gasteiger partial charge is 0.169 e. The molecule has 0 aliphatic heterocycles. The van der Waals surface area contributed by atoms with E-state index >= 15 is 4.39 Å². The van der Waals surface area contributed by atoms with Crippen LogP contribution in [0, 0.1) is 11.7 Å². The van der Waals surface area contributed by atoms with Gasteiger partial charge in [0.15, 0.2) is 17.4 Å². The molecule has 4 rings (SSSR count). The summed E-state index contributed by atoms with van der Waals surface area (Å²) in [4.78, 5) is 16.9. The zero-order valence-electron chi connectivity index (χ0n) is 14.7. The Morgan fingerprint density at radius 2 is 2.08 bits per heavy atom. The minimum absolute atomic E-state index is 0.0298. The van der Waals surface area contributed by atoms with Crippen LogP contribution in [0.4, 0.5) is 10.2 Å². The van der Waals surface area contributed by atoms with Crippen molar-refractivity contribution in [2.75, 3.05) is 5.32 Å². The van der Waals surface area contributed by atoms with Crippen LogP contribution in [0.15, 0.2) is 12.4 Å². The predicted molar refractivity (Wildman–Crippen MR) is 94.1 cm³/mol. The molecule has 0 radical (unpaired) electrons. The van der Waals surface area contributed by atoms with Crippen LogP contribution in [0.1, 0.15) is 54.9 Å². The van der Waals surface area contributed by atoms with Crippen molar-refractivity contribution < 1.29 is 9.18 Å². The molecule has 0 spiro atoms. The van der Waals surface area contributed by atoms with Gasteiger partial charge in [0.05, 0.1) is 17.5 Å². The number of nitrogens with one attached hydrogen (secondary N) is 1. The van der Waals surface area contributed by atoms with Crippen molar-refractivity contribution in [3.05, 3.63) is 29.3 Å². The van der Waals surface area contributed by atoms with Crippen molar-refractivity contribution in [3.8, 4) is 11.3 Å². The van der Waals surface area contributed by atoms with Crippen molar-refractivity contribution in [2.24, 2.45) is 13.0 Å². The van der Waals surface area contributed by atoms with Gasteiger partial charge >= 0.3 is 0 Å². The number of carbonyl (C=O) groups excluding carboxylic acids is 1. The maximum atomic E-state index is 15.0. The third-order valence-electron chi connectivity index (χ3n) is 5.53. The summed E-state index contributed by atoms with van der Waals surface area (Å²) in [7, 11) is 1.82. The number of Topliss-reactive ketones (excluding diaryl/α,β-unsaturated/α-hetero) is 1. The molecule has 0 amide bonds. The third kappa shape index (κ3) is 2.83. The minimum Gasteiger partial charge on any atom is -0.365 e. The second-order valence-corrected chi connectivity index (χ2v) is 7.31. The lowest BCUT2D eigenvalue weighted by atomic mass is 9.86. The molecule has 2 heterocycles. The molecule has 132 valence electrons. The SMILES string of the molecule is C[C@H]1CCCC[C@H]1Nc1nc(-c2cnn(C)c2)c2c(c1F)CCC2=O. The first kappa shape index (κ1) is 16.2. The largest absolute Gasteiger partial charge is 0.365 e. The molecular formula is C19H23FN4O. The zero-order valence-corrected chi connectivity index (χ0v) is 14.7. The fourth-order valence-corrected chi connectivity index (χ4v) is 4.07. The molecule has 2 aliphatic carbocycles. The fourth-order valence-electron chi connectivity index (χ4n) is 4.07. The molecule has 25 heavy (non-hydrogen) atoms. The van der Waals surface area contributed by atoms with Gasteiger partial charge < -0.3 is 5.32 Å². The second-order valence-electron chi connectivity index (χ2n) is 7.31. The average Bonchev–Trinajstić information content (AvgIpc) is 3.19. The van der Waals surface area contributed by atoms with E-state index in [4.69, 9.17) is 0 Å². The fraction of sp³-hybridized carbons (Fsp3) is 0.526. The van der Waals surface area contributed by atoms with Crippen LogP contribution in [0.5, 0.6) is 0 Å². The Hall–Kier alpha value is -2.24. The number of hydrogen-bond donors (Lipinski definition) is 1. The lowest BCUT2D eigenvalue weighted by molar-refractivity contribution is 0.0995. The van der Waals surface area contributed by atoms with E-state index in [9.17, 15) is 4.79 Å². The molecule has 2 atom stereocenters. The Morgan fingerprint density at radius 3 is 2.80 bits per heavy atom. The molecule has 0 aromatic carbocycles. The van der Waals surface area contributed by atoms with Gasteiger partial charge in [0.1, 0.15) is 0 Å². The Bertz CT molecular complexity index is 829. The number of anilines is 1. The van der Waals surface area contributed by atoms with Crippen molar-refractivity contribution >= 4 is 11.6 Å². The van der Waals surface area contributed by atoms with Crippen LogP contribution < -0.4 is 5.32 Å². The van der Waals surface area contributed by atoms with Gasteiger partial charge in [-0.2, -0.15) is 5.10 Å². The van der Waals surface area contributed by atoms with E-state index < -0.39 is 0 Å². The van der Waals surface area contributed by atoms with Crippen LogP contribution >= 0.6 is 0 Å². The Morgan fingerprint density at radius 1 is 1.28 bits per heavy atom. The van der Waals surface area contributed by atoms with E-state index in [1.54, 1.807) is 10.9 Å². The summed E-state index contributed by atoms with van der Waals surface area (Å²) in [5, 5.41) is 7.51. The van der Waals surface area contributed by atoms with E-state index in [1.807, 2.05) is 13.2 Å². The van der Waals surface area contributed by atoms with Gasteiger partial charge in [-0.1, -0.05) is 19.8 Å². The first-order chi connectivity index (χ1) is 12.0. The van der Waals surface area contributed by atoms with Gasteiger partial charge in [-0.3, -0.25) is 9.48 Å². The Balaban J connectivity index is 1.79. The minimum atomic E-state index is -0.355. The first-order valence-electron chi connectivity index (χ1n) is 9.05. The topological polar surface area (TPSA) is 59.8 Å². The van der Waals surface area contributed by atoms with Gasteiger partial charge in [0, 0.05) is 36.8 Å². The zero-order chi connectivity index (χ0) is 17.6. The maximum absolute atomic E-state index is 15.0. The molecule has 5 nitrogen and oxygen atoms in total. The van der Waals surface area contributed by atoms with Gasteiger partial charge in [0.25, 0.3) is 0 Å². The Kier molecular flexibility index (Phi) is 4.06.